The maximum Gasteiger partial charge on any atom is 0.359 e. The van der Waals surface area contributed by atoms with E-state index in [2.05, 4.69) is 22.2 Å². The molecule has 9 heteroatoms. The first kappa shape index (κ1) is 22.8. The predicted octanol–water partition coefficient (Wildman–Crippen LogP) is 4.18. The van der Waals surface area contributed by atoms with Crippen LogP contribution in [0.1, 0.15) is 58.5 Å². The van der Waals surface area contributed by atoms with Crippen LogP contribution in [0.3, 0.4) is 0 Å². The van der Waals surface area contributed by atoms with E-state index in [-0.39, 0.29) is 12.3 Å². The zero-order chi connectivity index (χ0) is 23.5. The van der Waals surface area contributed by atoms with Gasteiger partial charge in [0, 0.05) is 4.88 Å². The van der Waals surface area contributed by atoms with Gasteiger partial charge in [-0.2, -0.15) is 0 Å². The summed E-state index contributed by atoms with van der Waals surface area (Å²) in [5, 5.41) is 3.21. The third-order valence-corrected chi connectivity index (χ3v) is 6.71. The number of hydrogen-bond acceptors (Lipinski definition) is 8. The number of thiophene rings is 1. The summed E-state index contributed by atoms with van der Waals surface area (Å²) in [6.45, 7) is 5.63. The molecule has 2 aromatic heterocycles. The first-order chi connectivity index (χ1) is 15.9. The molecule has 1 aliphatic rings. The molecule has 1 aromatic carbocycles. The summed E-state index contributed by atoms with van der Waals surface area (Å²) < 4.78 is 10.6. The molecule has 1 aliphatic carbocycles. The van der Waals surface area contributed by atoms with Gasteiger partial charge in [-0.05, 0) is 56.7 Å². The molecule has 0 aliphatic heterocycles. The molecule has 0 fully saturated rings. The molecule has 2 heterocycles. The van der Waals surface area contributed by atoms with E-state index < -0.39 is 23.9 Å². The number of amides is 1. The Bertz CT molecular complexity index is 1220. The average Bonchev–Trinajstić information content (AvgIpc) is 3.15. The Morgan fingerprint density at radius 1 is 1.21 bits per heavy atom. The molecule has 0 radical (unpaired) electrons. The van der Waals surface area contributed by atoms with E-state index in [1.807, 2.05) is 6.07 Å². The summed E-state index contributed by atoms with van der Waals surface area (Å²) in [7, 11) is 0. The van der Waals surface area contributed by atoms with Gasteiger partial charge in [0.25, 0.3) is 5.91 Å². The first-order valence-corrected chi connectivity index (χ1v) is 11.7. The number of carbonyl (C=O) groups is 3. The minimum atomic E-state index is -1.10. The molecule has 0 bridgehead atoms. The number of anilines is 1. The molecule has 0 saturated carbocycles. The smallest absolute Gasteiger partial charge is 0.359 e. The van der Waals surface area contributed by atoms with E-state index in [0.717, 1.165) is 29.7 Å². The summed E-state index contributed by atoms with van der Waals surface area (Å²) in [6, 6.07) is 7.15. The number of fused-ring (bicyclic) bond motifs is 2. The van der Waals surface area contributed by atoms with Gasteiger partial charge >= 0.3 is 11.9 Å². The molecule has 2 unspecified atom stereocenters. The van der Waals surface area contributed by atoms with Crippen molar-refractivity contribution in [2.24, 2.45) is 5.92 Å². The Kier molecular flexibility index (Phi) is 6.69. The van der Waals surface area contributed by atoms with Gasteiger partial charge in [-0.1, -0.05) is 19.1 Å². The number of esters is 2. The van der Waals surface area contributed by atoms with Crippen molar-refractivity contribution in [2.45, 2.75) is 46.1 Å². The highest BCUT2D eigenvalue weighted by Gasteiger charge is 2.30. The highest BCUT2D eigenvalue weighted by atomic mass is 32.1. The van der Waals surface area contributed by atoms with Crippen molar-refractivity contribution in [1.82, 2.24) is 9.97 Å². The number of para-hydroxylation sites is 2. The molecule has 0 saturated heterocycles. The molecular weight excluding hydrogens is 442 g/mol. The molecule has 0 spiro atoms. The van der Waals surface area contributed by atoms with Crippen LogP contribution in [-0.2, 0) is 27.1 Å². The Morgan fingerprint density at radius 2 is 1.97 bits per heavy atom. The van der Waals surface area contributed by atoms with Crippen LogP contribution in [0.2, 0.25) is 0 Å². The second-order valence-corrected chi connectivity index (χ2v) is 9.16. The molecule has 2 atom stereocenters. The minimum absolute atomic E-state index is 0.0149. The largest absolute Gasteiger partial charge is 0.462 e. The van der Waals surface area contributed by atoms with E-state index in [9.17, 15) is 14.4 Å². The SMILES string of the molecule is CCOC(=O)c1c(NC(=O)C(C)OC(=O)c2cnc3ccccc3n2)sc2c1CCC(C)C2. The lowest BCUT2D eigenvalue weighted by Crippen LogP contribution is -2.30. The van der Waals surface area contributed by atoms with Crippen LogP contribution in [-0.4, -0.2) is 40.5 Å². The van der Waals surface area contributed by atoms with Crippen molar-refractivity contribution in [1.29, 1.82) is 0 Å². The fraction of sp³-hybridized carbons (Fsp3) is 0.375. The Morgan fingerprint density at radius 3 is 2.73 bits per heavy atom. The molecule has 4 rings (SSSR count). The third-order valence-electron chi connectivity index (χ3n) is 5.54. The van der Waals surface area contributed by atoms with Gasteiger partial charge in [0.1, 0.15) is 5.00 Å². The monoisotopic (exact) mass is 467 g/mol. The zero-order valence-electron chi connectivity index (χ0n) is 18.7. The van der Waals surface area contributed by atoms with Crippen LogP contribution in [0, 0.1) is 5.92 Å². The van der Waals surface area contributed by atoms with Gasteiger partial charge < -0.3 is 14.8 Å². The van der Waals surface area contributed by atoms with Crippen molar-refractivity contribution in [3.8, 4) is 0 Å². The van der Waals surface area contributed by atoms with Crippen LogP contribution in [0.5, 0.6) is 0 Å². The zero-order valence-corrected chi connectivity index (χ0v) is 19.5. The van der Waals surface area contributed by atoms with Gasteiger partial charge in [-0.15, -0.1) is 11.3 Å². The molecule has 1 amide bonds. The Labute approximate surface area is 195 Å². The van der Waals surface area contributed by atoms with E-state index >= 15 is 0 Å². The molecule has 8 nitrogen and oxygen atoms in total. The number of benzene rings is 1. The molecule has 33 heavy (non-hydrogen) atoms. The summed E-state index contributed by atoms with van der Waals surface area (Å²) >= 11 is 1.39. The summed E-state index contributed by atoms with van der Waals surface area (Å²) in [6.07, 6.45) is 2.82. The number of carbonyl (C=O) groups excluding carboxylic acids is 3. The quantitative estimate of drug-likeness (QED) is 0.542. The average molecular weight is 468 g/mol. The number of nitrogens with one attached hydrogen (secondary N) is 1. The molecule has 3 aromatic rings. The van der Waals surface area contributed by atoms with Crippen LogP contribution in [0.4, 0.5) is 5.00 Å². The molecule has 1 N–H and O–H groups in total. The van der Waals surface area contributed by atoms with E-state index in [1.54, 1.807) is 25.1 Å². The topological polar surface area (TPSA) is 107 Å². The van der Waals surface area contributed by atoms with E-state index in [1.165, 1.54) is 24.5 Å². The third kappa shape index (κ3) is 4.88. The highest BCUT2D eigenvalue weighted by Crippen LogP contribution is 2.40. The lowest BCUT2D eigenvalue weighted by molar-refractivity contribution is -0.123. The number of hydrogen-bond donors (Lipinski definition) is 1. The molecule has 172 valence electrons. The number of rotatable bonds is 6. The van der Waals surface area contributed by atoms with Crippen LogP contribution < -0.4 is 5.32 Å². The lowest BCUT2D eigenvalue weighted by atomic mass is 9.88. The predicted molar refractivity (Wildman–Crippen MR) is 125 cm³/mol. The lowest BCUT2D eigenvalue weighted by Gasteiger charge is -2.18. The van der Waals surface area contributed by atoms with Gasteiger partial charge in [-0.25, -0.2) is 14.6 Å². The van der Waals surface area contributed by atoms with Crippen molar-refractivity contribution in [3.63, 3.8) is 0 Å². The highest BCUT2D eigenvalue weighted by molar-refractivity contribution is 7.17. The van der Waals surface area contributed by atoms with Crippen LogP contribution >= 0.6 is 11.3 Å². The second kappa shape index (κ2) is 9.66. The second-order valence-electron chi connectivity index (χ2n) is 8.06. The minimum Gasteiger partial charge on any atom is -0.462 e. The fourth-order valence-electron chi connectivity index (χ4n) is 3.80. The van der Waals surface area contributed by atoms with Crippen LogP contribution in [0.15, 0.2) is 30.5 Å². The van der Waals surface area contributed by atoms with Crippen LogP contribution in [0.25, 0.3) is 11.0 Å². The van der Waals surface area contributed by atoms with Gasteiger partial charge in [0.2, 0.25) is 0 Å². The molecular formula is C24H25N3O5S. The first-order valence-electron chi connectivity index (χ1n) is 10.9. The normalized spacial score (nSPS) is 16.0. The van der Waals surface area contributed by atoms with E-state index in [0.29, 0.717) is 27.5 Å². The van der Waals surface area contributed by atoms with E-state index in [4.69, 9.17) is 9.47 Å². The summed E-state index contributed by atoms with van der Waals surface area (Å²) in [4.78, 5) is 47.5. The fourth-order valence-corrected chi connectivity index (χ4v) is 5.20. The van der Waals surface area contributed by atoms with Crippen molar-refractivity contribution >= 4 is 45.2 Å². The van der Waals surface area contributed by atoms with Crippen molar-refractivity contribution < 1.29 is 23.9 Å². The van der Waals surface area contributed by atoms with Crippen molar-refractivity contribution in [2.75, 3.05) is 11.9 Å². The number of nitrogens with zero attached hydrogens (tertiary/aromatic N) is 2. The number of ether oxygens (including phenoxy) is 2. The number of aromatic nitrogens is 2. The van der Waals surface area contributed by atoms with Gasteiger partial charge in [0.05, 0.1) is 29.4 Å². The van der Waals surface area contributed by atoms with Gasteiger partial charge in [0.15, 0.2) is 11.8 Å². The van der Waals surface area contributed by atoms with Crippen molar-refractivity contribution in [3.05, 3.63) is 52.2 Å². The Balaban J connectivity index is 1.50. The summed E-state index contributed by atoms with van der Waals surface area (Å²) in [5.74, 6) is -1.22. The Hall–Kier alpha value is -3.33. The maximum absolute atomic E-state index is 12.8. The summed E-state index contributed by atoms with van der Waals surface area (Å²) in [5.41, 5.74) is 2.59. The standard InChI is InChI=1S/C24H25N3O5S/c1-4-31-24(30)20-15-10-9-13(2)11-19(15)33-22(20)27-21(28)14(3)32-23(29)18-12-25-16-7-5-6-8-17(16)26-18/h5-8,12-14H,4,9-11H2,1-3H3,(H,27,28). The van der Waals surface area contributed by atoms with Gasteiger partial charge in [-0.3, -0.25) is 9.78 Å². The maximum atomic E-state index is 12.8.